The van der Waals surface area contributed by atoms with E-state index >= 15 is 0 Å². The van der Waals surface area contributed by atoms with E-state index in [-0.39, 0.29) is 17.4 Å². The van der Waals surface area contributed by atoms with Crippen LogP contribution in [0.2, 0.25) is 0 Å². The number of amides is 3. The van der Waals surface area contributed by atoms with Gasteiger partial charge in [0.15, 0.2) is 5.16 Å². The normalized spacial score (nSPS) is 16.7. The Balaban J connectivity index is 1.47. The highest BCUT2D eigenvalue weighted by molar-refractivity contribution is 7.99. The number of fused-ring (bicyclic) bond motifs is 3. The number of hydrogen-bond donors (Lipinski definition) is 2. The van der Waals surface area contributed by atoms with Crippen LogP contribution in [0.3, 0.4) is 0 Å². The molecular formula is C22H30N4O4S2. The molecule has 0 saturated heterocycles. The molecule has 0 unspecified atom stereocenters. The first-order valence-electron chi connectivity index (χ1n) is 11.3. The minimum atomic E-state index is -0.450. The minimum absolute atomic E-state index is 0.00804. The lowest BCUT2D eigenvalue weighted by Crippen LogP contribution is -2.45. The van der Waals surface area contributed by atoms with Gasteiger partial charge in [0.1, 0.15) is 4.83 Å². The fraction of sp³-hybridized carbons (Fsp3) is 0.636. The maximum Gasteiger partial charge on any atom is 0.321 e. The van der Waals surface area contributed by atoms with Crippen molar-refractivity contribution >= 4 is 45.3 Å². The Morgan fingerprint density at radius 1 is 1.19 bits per heavy atom. The minimum Gasteiger partial charge on any atom is -0.383 e. The van der Waals surface area contributed by atoms with Gasteiger partial charge in [-0.1, -0.05) is 31.0 Å². The van der Waals surface area contributed by atoms with Crippen molar-refractivity contribution in [1.82, 2.24) is 20.2 Å². The smallest absolute Gasteiger partial charge is 0.321 e. The molecule has 0 aliphatic heterocycles. The van der Waals surface area contributed by atoms with Gasteiger partial charge in [0.2, 0.25) is 5.91 Å². The van der Waals surface area contributed by atoms with Gasteiger partial charge < -0.3 is 10.1 Å². The van der Waals surface area contributed by atoms with Crippen LogP contribution in [0.1, 0.15) is 55.4 Å². The number of thiophene rings is 1. The van der Waals surface area contributed by atoms with E-state index in [1.165, 1.54) is 23.1 Å². The second-order valence-electron chi connectivity index (χ2n) is 8.38. The third-order valence-corrected chi connectivity index (χ3v) is 8.25. The van der Waals surface area contributed by atoms with Crippen LogP contribution >= 0.6 is 23.1 Å². The predicted octanol–water partition coefficient (Wildman–Crippen LogP) is 3.23. The first-order chi connectivity index (χ1) is 15.6. The lowest BCUT2D eigenvalue weighted by Gasteiger charge is -2.22. The number of thioether (sulfide) groups is 1. The van der Waals surface area contributed by atoms with Gasteiger partial charge in [-0.3, -0.25) is 19.5 Å². The molecule has 10 heteroatoms. The molecule has 0 atom stereocenters. The molecule has 2 aliphatic carbocycles. The van der Waals surface area contributed by atoms with Crippen LogP contribution in [0.15, 0.2) is 9.95 Å². The van der Waals surface area contributed by atoms with Gasteiger partial charge in [-0.2, -0.15) is 0 Å². The molecule has 2 heterocycles. The molecular weight excluding hydrogens is 448 g/mol. The Labute approximate surface area is 195 Å². The zero-order valence-corrected chi connectivity index (χ0v) is 20.0. The van der Waals surface area contributed by atoms with E-state index < -0.39 is 11.9 Å². The highest BCUT2D eigenvalue weighted by Gasteiger charge is 2.23. The van der Waals surface area contributed by atoms with Crippen molar-refractivity contribution in [3.63, 3.8) is 0 Å². The van der Waals surface area contributed by atoms with Crippen molar-refractivity contribution in [2.24, 2.45) is 0 Å². The largest absolute Gasteiger partial charge is 0.383 e. The van der Waals surface area contributed by atoms with Crippen LogP contribution < -0.4 is 16.2 Å². The number of ether oxygens (including phenoxy) is 1. The number of nitrogens with one attached hydrogen (secondary N) is 2. The Kier molecular flexibility index (Phi) is 7.85. The van der Waals surface area contributed by atoms with Gasteiger partial charge >= 0.3 is 6.03 Å². The van der Waals surface area contributed by atoms with Gasteiger partial charge in [0.05, 0.1) is 24.3 Å². The summed E-state index contributed by atoms with van der Waals surface area (Å²) in [5, 5.41) is 6.50. The summed E-state index contributed by atoms with van der Waals surface area (Å²) < 4.78 is 6.79. The quantitative estimate of drug-likeness (QED) is 0.468. The molecule has 0 aromatic carbocycles. The number of carbonyl (C=O) groups is 2. The summed E-state index contributed by atoms with van der Waals surface area (Å²) in [6.45, 7) is 0.748. The van der Waals surface area contributed by atoms with Gasteiger partial charge in [-0.15, -0.1) is 11.3 Å². The highest BCUT2D eigenvalue weighted by Crippen LogP contribution is 2.34. The molecule has 0 spiro atoms. The molecule has 0 radical (unpaired) electrons. The van der Waals surface area contributed by atoms with Gasteiger partial charge in [0, 0.05) is 18.0 Å². The van der Waals surface area contributed by atoms with E-state index in [4.69, 9.17) is 9.72 Å². The number of aromatic nitrogens is 2. The first kappa shape index (κ1) is 23.3. The Morgan fingerprint density at radius 3 is 2.75 bits per heavy atom. The number of rotatable bonds is 7. The topological polar surface area (TPSA) is 102 Å². The average molecular weight is 479 g/mol. The SMILES string of the molecule is COCCn1c(SCC(=O)NC(=O)NC2CCCCC2)nc2sc3c(c2c1=O)CCCC3. The predicted molar refractivity (Wildman–Crippen MR) is 127 cm³/mol. The monoisotopic (exact) mass is 478 g/mol. The lowest BCUT2D eigenvalue weighted by atomic mass is 9.96. The van der Waals surface area contributed by atoms with Crippen molar-refractivity contribution in [3.05, 3.63) is 20.8 Å². The second-order valence-corrected chi connectivity index (χ2v) is 10.4. The summed E-state index contributed by atoms with van der Waals surface area (Å²) in [5.41, 5.74) is 1.08. The van der Waals surface area contributed by atoms with Crippen LogP contribution in [0, 0.1) is 0 Å². The van der Waals surface area contributed by atoms with Crippen molar-refractivity contribution in [1.29, 1.82) is 0 Å². The van der Waals surface area contributed by atoms with Crippen molar-refractivity contribution in [2.75, 3.05) is 19.5 Å². The number of methoxy groups -OCH3 is 1. The zero-order chi connectivity index (χ0) is 22.5. The number of hydrogen-bond acceptors (Lipinski definition) is 7. The summed E-state index contributed by atoms with van der Waals surface area (Å²) in [5.74, 6) is -0.393. The van der Waals surface area contributed by atoms with Crippen LogP contribution in [-0.2, 0) is 28.9 Å². The van der Waals surface area contributed by atoms with E-state index in [1.54, 1.807) is 23.0 Å². The maximum atomic E-state index is 13.3. The molecule has 2 aromatic heterocycles. The number of imide groups is 1. The molecule has 2 N–H and O–H groups in total. The lowest BCUT2D eigenvalue weighted by molar-refractivity contribution is -0.117. The third-order valence-electron chi connectivity index (χ3n) is 6.08. The molecule has 1 saturated carbocycles. The number of carbonyl (C=O) groups excluding carboxylic acids is 2. The molecule has 0 bridgehead atoms. The van der Waals surface area contributed by atoms with Crippen molar-refractivity contribution < 1.29 is 14.3 Å². The van der Waals surface area contributed by atoms with E-state index in [0.29, 0.717) is 18.3 Å². The zero-order valence-electron chi connectivity index (χ0n) is 18.4. The number of urea groups is 1. The molecule has 174 valence electrons. The van der Waals surface area contributed by atoms with Crippen molar-refractivity contribution in [3.8, 4) is 0 Å². The molecule has 3 amide bonds. The Bertz CT molecular complexity index is 1040. The fourth-order valence-electron chi connectivity index (χ4n) is 4.47. The summed E-state index contributed by atoms with van der Waals surface area (Å²) in [4.78, 5) is 44.6. The molecule has 2 aliphatic rings. The summed E-state index contributed by atoms with van der Waals surface area (Å²) in [7, 11) is 1.59. The van der Waals surface area contributed by atoms with Crippen LogP contribution in [0.5, 0.6) is 0 Å². The molecule has 8 nitrogen and oxygen atoms in total. The molecule has 2 aromatic rings. The van der Waals surface area contributed by atoms with Crippen molar-refractivity contribution in [2.45, 2.75) is 75.5 Å². The Morgan fingerprint density at radius 2 is 1.97 bits per heavy atom. The van der Waals surface area contributed by atoms with Gasteiger partial charge in [0.25, 0.3) is 5.56 Å². The van der Waals surface area contributed by atoms with E-state index in [2.05, 4.69) is 10.6 Å². The van der Waals surface area contributed by atoms with E-state index in [9.17, 15) is 14.4 Å². The standard InChI is InChI=1S/C22H30N4O4S2/c1-30-12-11-26-20(28)18-15-9-5-6-10-16(15)32-19(18)25-22(26)31-13-17(27)24-21(29)23-14-7-3-2-4-8-14/h14H,2-13H2,1H3,(H2,23,24,27,29). The molecule has 1 fully saturated rings. The van der Waals surface area contributed by atoms with Crippen LogP contribution in [0.25, 0.3) is 10.2 Å². The summed E-state index contributed by atoms with van der Waals surface area (Å²) >= 11 is 2.77. The van der Waals surface area contributed by atoms with Crippen LogP contribution in [0.4, 0.5) is 4.79 Å². The Hall–Kier alpha value is -1.91. The number of aryl methyl sites for hydroxylation is 2. The highest BCUT2D eigenvalue weighted by atomic mass is 32.2. The van der Waals surface area contributed by atoms with Gasteiger partial charge in [-0.25, -0.2) is 9.78 Å². The second kappa shape index (κ2) is 10.8. The summed E-state index contributed by atoms with van der Waals surface area (Å²) in [6.07, 6.45) is 9.47. The van der Waals surface area contributed by atoms with E-state index in [0.717, 1.165) is 67.1 Å². The molecule has 32 heavy (non-hydrogen) atoms. The third kappa shape index (κ3) is 5.35. The fourth-order valence-corrected chi connectivity index (χ4v) is 6.60. The number of nitrogens with zero attached hydrogens (tertiary/aromatic N) is 2. The molecule has 4 rings (SSSR count). The first-order valence-corrected chi connectivity index (χ1v) is 13.1. The maximum absolute atomic E-state index is 13.3. The van der Waals surface area contributed by atoms with Gasteiger partial charge in [-0.05, 0) is 44.1 Å². The van der Waals surface area contributed by atoms with E-state index in [1.807, 2.05) is 0 Å². The van der Waals surface area contributed by atoms with Crippen LogP contribution in [-0.4, -0.2) is 47.0 Å². The summed E-state index contributed by atoms with van der Waals surface area (Å²) in [6, 6.07) is -0.314. The average Bonchev–Trinajstić information content (AvgIpc) is 3.16.